The van der Waals surface area contributed by atoms with Crippen molar-refractivity contribution in [2.75, 3.05) is 31.1 Å². The van der Waals surface area contributed by atoms with Crippen LogP contribution >= 0.6 is 11.6 Å². The average molecular weight is 540 g/mol. The molecule has 1 saturated heterocycles. The predicted octanol–water partition coefficient (Wildman–Crippen LogP) is 6.21. The van der Waals surface area contributed by atoms with Crippen molar-refractivity contribution in [2.24, 2.45) is 0 Å². The third kappa shape index (κ3) is 4.73. The highest BCUT2D eigenvalue weighted by molar-refractivity contribution is 6.31. The molecule has 2 aliphatic heterocycles. The molecule has 2 aromatic carbocycles. The Labute approximate surface area is 225 Å². The Morgan fingerprint density at radius 3 is 2.55 bits per heavy atom. The first-order valence-corrected chi connectivity index (χ1v) is 13.0. The van der Waals surface area contributed by atoms with Gasteiger partial charge in [-0.1, -0.05) is 29.3 Å². The molecule has 1 fully saturated rings. The number of piperidine rings is 1. The number of pyridine rings is 1. The number of carbonyl (C=O) groups excluding carboxylic acids is 2. The molecule has 5 rings (SSSR count). The molecule has 1 spiro atoms. The van der Waals surface area contributed by atoms with Gasteiger partial charge in [-0.2, -0.15) is 0 Å². The van der Waals surface area contributed by atoms with Crippen LogP contribution in [0.2, 0.25) is 5.02 Å². The molecular formula is C29H28ClF2N3O3. The number of halogens is 3. The number of fused-ring (bicyclic) bond motifs is 2. The number of alkyl halides is 2. The van der Waals surface area contributed by atoms with Gasteiger partial charge < -0.3 is 14.5 Å². The fraction of sp³-hybridized carbons (Fsp3) is 0.345. The van der Waals surface area contributed by atoms with Crippen LogP contribution in [-0.4, -0.2) is 47.9 Å². The first kappa shape index (κ1) is 26.1. The van der Waals surface area contributed by atoms with Crippen molar-refractivity contribution in [3.8, 4) is 5.75 Å². The lowest BCUT2D eigenvalue weighted by Gasteiger charge is -2.40. The monoisotopic (exact) mass is 539 g/mol. The summed E-state index contributed by atoms with van der Waals surface area (Å²) in [7, 11) is 0. The number of benzene rings is 2. The third-order valence-electron chi connectivity index (χ3n) is 7.45. The van der Waals surface area contributed by atoms with E-state index in [1.807, 2.05) is 26.0 Å². The third-order valence-corrected chi connectivity index (χ3v) is 7.69. The van der Waals surface area contributed by atoms with E-state index in [-0.39, 0.29) is 22.8 Å². The molecule has 0 N–H and O–H groups in total. The van der Waals surface area contributed by atoms with Crippen LogP contribution in [0.5, 0.6) is 5.75 Å². The lowest BCUT2D eigenvalue weighted by molar-refractivity contribution is 0.0670. The van der Waals surface area contributed by atoms with Crippen molar-refractivity contribution in [2.45, 2.75) is 38.5 Å². The first-order chi connectivity index (χ1) is 18.2. The Morgan fingerprint density at radius 1 is 1.08 bits per heavy atom. The fourth-order valence-electron chi connectivity index (χ4n) is 5.51. The number of ether oxygens (including phenoxy) is 1. The molecule has 9 heteroatoms. The Bertz CT molecular complexity index is 1390. The van der Waals surface area contributed by atoms with Crippen LogP contribution < -0.4 is 9.64 Å². The number of rotatable bonds is 5. The maximum atomic E-state index is 13.9. The van der Waals surface area contributed by atoms with E-state index in [4.69, 9.17) is 16.3 Å². The molecule has 198 valence electrons. The van der Waals surface area contributed by atoms with E-state index in [0.29, 0.717) is 55.4 Å². The van der Waals surface area contributed by atoms with Crippen molar-refractivity contribution < 1.29 is 23.1 Å². The Hall–Kier alpha value is -3.52. The van der Waals surface area contributed by atoms with Gasteiger partial charge in [0, 0.05) is 47.5 Å². The molecule has 3 heterocycles. The standard InChI is InChI=1S/C29H28ClF2N3O3/c1-3-38-25-7-5-20(30)16-21(25)28(37)35-17-29(22-14-18(2)4-6-24(22)35)9-12-34(13-10-29)27(36)19-8-11-33-23(15-19)26(31)32/h4-8,11,14-16,26H,3,9-10,12-13,17H2,1-2H3. The van der Waals surface area contributed by atoms with Crippen LogP contribution in [0.15, 0.2) is 54.7 Å². The van der Waals surface area contributed by atoms with Crippen molar-refractivity contribution >= 4 is 29.1 Å². The summed E-state index contributed by atoms with van der Waals surface area (Å²) in [5.74, 6) is 0.00465. The summed E-state index contributed by atoms with van der Waals surface area (Å²) in [6.07, 6.45) is -0.220. The smallest absolute Gasteiger partial charge is 0.280 e. The summed E-state index contributed by atoms with van der Waals surface area (Å²) < 4.78 is 31.9. The quantitative estimate of drug-likeness (QED) is 0.386. The van der Waals surface area contributed by atoms with E-state index in [2.05, 4.69) is 11.1 Å². The van der Waals surface area contributed by atoms with E-state index < -0.39 is 12.1 Å². The zero-order valence-corrected chi connectivity index (χ0v) is 22.0. The van der Waals surface area contributed by atoms with Gasteiger partial charge in [0.15, 0.2) is 0 Å². The minimum Gasteiger partial charge on any atom is -0.493 e. The number of amides is 2. The van der Waals surface area contributed by atoms with Crippen LogP contribution in [0.25, 0.3) is 0 Å². The van der Waals surface area contributed by atoms with Gasteiger partial charge in [-0.25, -0.2) is 8.78 Å². The number of nitrogens with zero attached hydrogens (tertiary/aromatic N) is 3. The molecule has 3 aromatic rings. The Kier molecular flexibility index (Phi) is 7.09. The number of hydrogen-bond acceptors (Lipinski definition) is 4. The second-order valence-electron chi connectivity index (χ2n) is 9.83. The Morgan fingerprint density at radius 2 is 1.84 bits per heavy atom. The molecule has 0 unspecified atom stereocenters. The molecule has 0 bridgehead atoms. The van der Waals surface area contributed by atoms with Crippen molar-refractivity contribution in [3.63, 3.8) is 0 Å². The molecule has 2 aliphatic rings. The number of hydrogen-bond donors (Lipinski definition) is 0. The minimum absolute atomic E-state index is 0.187. The zero-order chi connectivity index (χ0) is 27.0. The summed E-state index contributed by atoms with van der Waals surface area (Å²) in [4.78, 5) is 34.1. The van der Waals surface area contributed by atoms with Gasteiger partial charge in [-0.3, -0.25) is 14.6 Å². The number of likely N-dealkylation sites (tertiary alicyclic amines) is 1. The molecule has 2 amide bonds. The van der Waals surface area contributed by atoms with Crippen LogP contribution in [0.4, 0.5) is 14.5 Å². The van der Waals surface area contributed by atoms with E-state index >= 15 is 0 Å². The first-order valence-electron chi connectivity index (χ1n) is 12.6. The van der Waals surface area contributed by atoms with Gasteiger partial charge in [-0.15, -0.1) is 0 Å². The van der Waals surface area contributed by atoms with Crippen molar-refractivity contribution in [3.05, 3.63) is 87.7 Å². The molecule has 0 saturated carbocycles. The SMILES string of the molecule is CCOc1ccc(Cl)cc1C(=O)N1CC2(CCN(C(=O)c3ccnc(C(F)F)c3)CC2)c2cc(C)ccc21. The fourth-order valence-corrected chi connectivity index (χ4v) is 5.68. The van der Waals surface area contributed by atoms with E-state index in [9.17, 15) is 18.4 Å². The summed E-state index contributed by atoms with van der Waals surface area (Å²) in [5, 5.41) is 0.452. The van der Waals surface area contributed by atoms with E-state index in [0.717, 1.165) is 22.9 Å². The Balaban J connectivity index is 1.41. The topological polar surface area (TPSA) is 62.7 Å². The van der Waals surface area contributed by atoms with Crippen LogP contribution in [0.1, 0.15) is 63.7 Å². The average Bonchev–Trinajstić information content (AvgIpc) is 3.22. The second kappa shape index (κ2) is 10.3. The normalized spacial score (nSPS) is 16.2. The zero-order valence-electron chi connectivity index (χ0n) is 21.2. The largest absolute Gasteiger partial charge is 0.493 e. The number of carbonyl (C=O) groups is 2. The van der Waals surface area contributed by atoms with Crippen LogP contribution in [0, 0.1) is 6.92 Å². The highest BCUT2D eigenvalue weighted by atomic mass is 35.5. The summed E-state index contributed by atoms with van der Waals surface area (Å²) in [6, 6.07) is 13.8. The predicted molar refractivity (Wildman–Crippen MR) is 141 cm³/mol. The number of anilines is 1. The second-order valence-corrected chi connectivity index (χ2v) is 10.3. The minimum atomic E-state index is -2.74. The maximum absolute atomic E-state index is 13.9. The van der Waals surface area contributed by atoms with Crippen molar-refractivity contribution in [1.82, 2.24) is 9.88 Å². The van der Waals surface area contributed by atoms with Gasteiger partial charge in [0.05, 0.1) is 12.2 Å². The van der Waals surface area contributed by atoms with Gasteiger partial charge in [0.25, 0.3) is 18.2 Å². The molecule has 0 radical (unpaired) electrons. The number of aromatic nitrogens is 1. The van der Waals surface area contributed by atoms with E-state index in [1.165, 1.54) is 12.3 Å². The van der Waals surface area contributed by atoms with Crippen LogP contribution in [-0.2, 0) is 5.41 Å². The molecule has 38 heavy (non-hydrogen) atoms. The van der Waals surface area contributed by atoms with Gasteiger partial charge in [-0.05, 0) is 68.7 Å². The van der Waals surface area contributed by atoms with Crippen LogP contribution in [0.3, 0.4) is 0 Å². The summed E-state index contributed by atoms with van der Waals surface area (Å²) in [5.41, 5.74) is 2.89. The van der Waals surface area contributed by atoms with Crippen molar-refractivity contribution in [1.29, 1.82) is 0 Å². The molecule has 1 aromatic heterocycles. The van der Waals surface area contributed by atoms with E-state index in [1.54, 1.807) is 28.0 Å². The highest BCUT2D eigenvalue weighted by Crippen LogP contribution is 2.48. The van der Waals surface area contributed by atoms with Gasteiger partial charge in [0.1, 0.15) is 11.4 Å². The molecule has 0 atom stereocenters. The number of aryl methyl sites for hydroxylation is 1. The summed E-state index contributed by atoms with van der Waals surface area (Å²) >= 11 is 6.24. The summed E-state index contributed by atoms with van der Waals surface area (Å²) in [6.45, 7) is 5.66. The molecule has 0 aliphatic carbocycles. The van der Waals surface area contributed by atoms with Gasteiger partial charge >= 0.3 is 0 Å². The highest BCUT2D eigenvalue weighted by Gasteiger charge is 2.47. The lowest BCUT2D eigenvalue weighted by atomic mass is 9.74. The lowest BCUT2D eigenvalue weighted by Crippen LogP contribution is -2.48. The molecule has 6 nitrogen and oxygen atoms in total. The maximum Gasteiger partial charge on any atom is 0.280 e. The van der Waals surface area contributed by atoms with Gasteiger partial charge in [0.2, 0.25) is 0 Å². The molecular weight excluding hydrogens is 512 g/mol.